The molecular formula is C14H28N2O4. The van der Waals surface area contributed by atoms with Crippen molar-refractivity contribution in [2.75, 3.05) is 19.7 Å². The molecule has 1 aliphatic heterocycles. The van der Waals surface area contributed by atoms with Gasteiger partial charge in [0.25, 0.3) is 0 Å². The van der Waals surface area contributed by atoms with Crippen molar-refractivity contribution in [2.45, 2.75) is 63.8 Å². The first-order chi connectivity index (χ1) is 9.58. The molecule has 0 radical (unpaired) electrons. The van der Waals surface area contributed by atoms with E-state index in [9.17, 15) is 20.1 Å². The van der Waals surface area contributed by atoms with E-state index >= 15 is 0 Å². The van der Waals surface area contributed by atoms with Crippen molar-refractivity contribution in [1.82, 2.24) is 10.2 Å². The van der Waals surface area contributed by atoms with Crippen LogP contribution in [0.5, 0.6) is 0 Å². The number of likely N-dealkylation sites (tertiary alicyclic amines) is 1. The first-order valence-corrected chi connectivity index (χ1v) is 7.58. The van der Waals surface area contributed by atoms with Crippen LogP contribution in [0.15, 0.2) is 0 Å². The molecule has 0 bridgehead atoms. The summed E-state index contributed by atoms with van der Waals surface area (Å²) in [6.07, 6.45) is 1.94. The lowest BCUT2D eigenvalue weighted by Crippen LogP contribution is -2.50. The van der Waals surface area contributed by atoms with Crippen molar-refractivity contribution in [3.05, 3.63) is 0 Å². The highest BCUT2D eigenvalue weighted by Crippen LogP contribution is 2.26. The Balaban J connectivity index is 2.72. The number of nitrogens with one attached hydrogen (secondary N) is 1. The van der Waals surface area contributed by atoms with E-state index in [1.54, 1.807) is 4.90 Å². The van der Waals surface area contributed by atoms with Gasteiger partial charge in [-0.25, -0.2) is 0 Å². The first-order valence-electron chi connectivity index (χ1n) is 7.58. The molecule has 0 aliphatic carbocycles. The van der Waals surface area contributed by atoms with Gasteiger partial charge < -0.3 is 20.6 Å². The highest BCUT2D eigenvalue weighted by molar-refractivity contribution is 5.83. The molecular weight excluding hydrogens is 260 g/mol. The summed E-state index contributed by atoms with van der Waals surface area (Å²) >= 11 is 0. The Morgan fingerprint density at radius 1 is 1.15 bits per heavy atom. The molecule has 20 heavy (non-hydrogen) atoms. The third kappa shape index (κ3) is 3.91. The molecule has 1 fully saturated rings. The number of aliphatic hydroxyl groups is 3. The summed E-state index contributed by atoms with van der Waals surface area (Å²) in [5.41, 5.74) is 0. The van der Waals surface area contributed by atoms with Gasteiger partial charge in [0.15, 0.2) is 0 Å². The van der Waals surface area contributed by atoms with Gasteiger partial charge in [-0.1, -0.05) is 26.2 Å². The van der Waals surface area contributed by atoms with E-state index in [0.717, 1.165) is 25.7 Å². The van der Waals surface area contributed by atoms with Gasteiger partial charge in [0.1, 0.15) is 12.1 Å². The fourth-order valence-corrected chi connectivity index (χ4v) is 2.84. The summed E-state index contributed by atoms with van der Waals surface area (Å²) in [7, 11) is 0. The second-order valence-electron chi connectivity index (χ2n) is 5.37. The van der Waals surface area contributed by atoms with Crippen LogP contribution in [0.2, 0.25) is 0 Å². The molecule has 1 amide bonds. The molecule has 1 saturated heterocycles. The Morgan fingerprint density at radius 3 is 2.40 bits per heavy atom. The summed E-state index contributed by atoms with van der Waals surface area (Å²) < 4.78 is 0. The van der Waals surface area contributed by atoms with Crippen LogP contribution in [-0.4, -0.2) is 70.1 Å². The van der Waals surface area contributed by atoms with Crippen molar-refractivity contribution in [3.8, 4) is 0 Å². The van der Waals surface area contributed by atoms with E-state index in [0.29, 0.717) is 13.1 Å². The number of hydrogen-bond acceptors (Lipinski definition) is 5. The molecule has 0 aromatic heterocycles. The number of carbonyl (C=O) groups is 1. The molecule has 4 atom stereocenters. The first kappa shape index (κ1) is 17.4. The highest BCUT2D eigenvalue weighted by atomic mass is 16.3. The maximum absolute atomic E-state index is 12.1. The summed E-state index contributed by atoms with van der Waals surface area (Å²) in [5, 5.41) is 32.1. The van der Waals surface area contributed by atoms with Gasteiger partial charge >= 0.3 is 0 Å². The van der Waals surface area contributed by atoms with Crippen LogP contribution in [-0.2, 0) is 4.79 Å². The van der Waals surface area contributed by atoms with Gasteiger partial charge in [-0.05, 0) is 19.9 Å². The van der Waals surface area contributed by atoms with Gasteiger partial charge in [0.05, 0.1) is 18.8 Å². The van der Waals surface area contributed by atoms with Crippen LogP contribution in [0.4, 0.5) is 0 Å². The zero-order chi connectivity index (χ0) is 15.1. The van der Waals surface area contributed by atoms with Gasteiger partial charge in [0, 0.05) is 6.54 Å². The van der Waals surface area contributed by atoms with Crippen molar-refractivity contribution in [3.63, 3.8) is 0 Å². The number of nitrogens with zero attached hydrogens (tertiary/aromatic N) is 1. The van der Waals surface area contributed by atoms with Crippen LogP contribution in [0, 0.1) is 0 Å². The summed E-state index contributed by atoms with van der Waals surface area (Å²) in [6, 6.07) is -1.34. The standard InChI is InChI=1S/C14H28N2O4/c1-3-5-6-7-8-16-10(9-17)12(18)13(19)11(16)14(20)15-4-2/h10-13,17-19H,3-9H2,1-2H3,(H,15,20)/t10-,11+,12-,13+/m1/s1. The molecule has 4 N–H and O–H groups in total. The van der Waals surface area contributed by atoms with Crippen molar-refractivity contribution in [2.24, 2.45) is 0 Å². The Hall–Kier alpha value is -0.690. The Labute approximate surface area is 120 Å². The predicted molar refractivity (Wildman–Crippen MR) is 76.2 cm³/mol. The second-order valence-corrected chi connectivity index (χ2v) is 5.37. The largest absolute Gasteiger partial charge is 0.395 e. The van der Waals surface area contributed by atoms with Crippen LogP contribution in [0.1, 0.15) is 39.5 Å². The maximum Gasteiger partial charge on any atom is 0.240 e. The van der Waals surface area contributed by atoms with Crippen molar-refractivity contribution >= 4 is 5.91 Å². The predicted octanol–water partition coefficient (Wildman–Crippen LogP) is -0.530. The van der Waals surface area contributed by atoms with Crippen LogP contribution < -0.4 is 5.32 Å². The number of aliphatic hydroxyl groups excluding tert-OH is 3. The van der Waals surface area contributed by atoms with E-state index in [4.69, 9.17) is 0 Å². The van der Waals surface area contributed by atoms with E-state index in [1.807, 2.05) is 6.92 Å². The molecule has 0 spiro atoms. The zero-order valence-electron chi connectivity index (χ0n) is 12.5. The van der Waals surface area contributed by atoms with E-state index in [2.05, 4.69) is 12.2 Å². The lowest BCUT2D eigenvalue weighted by molar-refractivity contribution is -0.128. The SMILES string of the molecule is CCCCCCN1[C@H](CO)[C@@H](O)[C@@H](O)[C@H]1C(=O)NCC. The molecule has 0 saturated carbocycles. The third-order valence-electron chi connectivity index (χ3n) is 3.93. The van der Waals surface area contributed by atoms with Crippen LogP contribution in [0.25, 0.3) is 0 Å². The van der Waals surface area contributed by atoms with Crippen molar-refractivity contribution in [1.29, 1.82) is 0 Å². The van der Waals surface area contributed by atoms with Gasteiger partial charge in [-0.2, -0.15) is 0 Å². The molecule has 1 heterocycles. The van der Waals surface area contributed by atoms with E-state index < -0.39 is 24.3 Å². The molecule has 118 valence electrons. The molecule has 6 heteroatoms. The normalized spacial score (nSPS) is 30.6. The molecule has 0 aromatic rings. The molecule has 1 aliphatic rings. The summed E-state index contributed by atoms with van der Waals surface area (Å²) in [4.78, 5) is 13.8. The Bertz CT molecular complexity index is 301. The number of unbranched alkanes of at least 4 members (excludes halogenated alkanes) is 3. The van der Waals surface area contributed by atoms with Crippen molar-refractivity contribution < 1.29 is 20.1 Å². The minimum atomic E-state index is -1.15. The number of rotatable bonds is 8. The smallest absolute Gasteiger partial charge is 0.240 e. The molecule has 6 nitrogen and oxygen atoms in total. The van der Waals surface area contributed by atoms with Crippen LogP contribution in [0.3, 0.4) is 0 Å². The summed E-state index contributed by atoms with van der Waals surface area (Å²) in [5.74, 6) is -0.287. The second kappa shape index (κ2) is 8.56. The Morgan fingerprint density at radius 2 is 1.85 bits per heavy atom. The van der Waals surface area contributed by atoms with Gasteiger partial charge in [0.2, 0.25) is 5.91 Å². The van der Waals surface area contributed by atoms with Gasteiger partial charge in [-0.15, -0.1) is 0 Å². The maximum atomic E-state index is 12.1. The van der Waals surface area contributed by atoms with E-state index in [-0.39, 0.29) is 12.5 Å². The minimum absolute atomic E-state index is 0.262. The quantitative estimate of drug-likeness (QED) is 0.451. The van der Waals surface area contributed by atoms with Crippen LogP contribution >= 0.6 is 0 Å². The molecule has 0 aromatic carbocycles. The summed E-state index contributed by atoms with van der Waals surface area (Å²) in [6.45, 7) is 4.75. The number of hydrogen-bond donors (Lipinski definition) is 4. The average Bonchev–Trinajstić information content (AvgIpc) is 2.67. The number of likely N-dealkylation sites (N-methyl/N-ethyl adjacent to an activating group) is 1. The topological polar surface area (TPSA) is 93.0 Å². The van der Waals surface area contributed by atoms with Gasteiger partial charge in [-0.3, -0.25) is 9.69 Å². The fraction of sp³-hybridized carbons (Fsp3) is 0.929. The highest BCUT2D eigenvalue weighted by Gasteiger charge is 2.50. The zero-order valence-corrected chi connectivity index (χ0v) is 12.5. The average molecular weight is 288 g/mol. The fourth-order valence-electron chi connectivity index (χ4n) is 2.84. The lowest BCUT2D eigenvalue weighted by Gasteiger charge is -2.28. The lowest BCUT2D eigenvalue weighted by atomic mass is 10.1. The molecule has 0 unspecified atom stereocenters. The number of carbonyl (C=O) groups excluding carboxylic acids is 1. The van der Waals surface area contributed by atoms with E-state index in [1.165, 1.54) is 0 Å². The molecule has 1 rings (SSSR count). The minimum Gasteiger partial charge on any atom is -0.395 e. The monoisotopic (exact) mass is 288 g/mol. The Kier molecular flexibility index (Phi) is 7.43. The third-order valence-corrected chi connectivity index (χ3v) is 3.93. The number of amides is 1.